The molecule has 0 radical (unpaired) electrons. The van der Waals surface area contributed by atoms with E-state index in [1.165, 1.54) is 29.5 Å². The van der Waals surface area contributed by atoms with Crippen LogP contribution in [-0.2, 0) is 23.7 Å². The van der Waals surface area contributed by atoms with Crippen LogP contribution in [0.3, 0.4) is 0 Å². The first-order valence-corrected chi connectivity index (χ1v) is 11.4. The molecule has 9 nitrogen and oxygen atoms in total. The molecule has 0 bridgehead atoms. The van der Waals surface area contributed by atoms with Crippen LogP contribution in [-0.4, -0.2) is 32.2 Å². The van der Waals surface area contributed by atoms with Crippen molar-refractivity contribution in [3.8, 4) is 5.69 Å². The number of benzene rings is 1. The van der Waals surface area contributed by atoms with E-state index in [2.05, 4.69) is 25.7 Å². The SMILES string of the molecule is O=C(Cc1c(Cl)cnc(NCC(F)(F)c2cccc[n+]2[O-])c1F)NCc1cc(Cl)ccc1-n1cncn1. The Labute approximate surface area is 218 Å². The molecule has 4 aromatic rings. The fraction of sp³-hybridized carbons (Fsp3) is 0.174. The quantitative estimate of drug-likeness (QED) is 0.242. The Morgan fingerprint density at radius 1 is 1.22 bits per heavy atom. The van der Waals surface area contributed by atoms with Gasteiger partial charge in [-0.3, -0.25) is 4.79 Å². The van der Waals surface area contributed by atoms with Gasteiger partial charge in [-0.05, 0) is 29.8 Å². The second-order valence-corrected chi connectivity index (χ2v) is 8.63. The summed E-state index contributed by atoms with van der Waals surface area (Å²) in [5.41, 5.74) is 0.193. The number of halogens is 5. The predicted octanol–water partition coefficient (Wildman–Crippen LogP) is 3.80. The largest absolute Gasteiger partial charge is 0.618 e. The van der Waals surface area contributed by atoms with Gasteiger partial charge in [-0.15, -0.1) is 0 Å². The summed E-state index contributed by atoms with van der Waals surface area (Å²) in [5.74, 6) is -5.83. The molecule has 2 N–H and O–H groups in total. The fourth-order valence-corrected chi connectivity index (χ4v) is 3.85. The standard InChI is InChI=1S/C23H18Cl2F3N7O2/c24-15-4-5-18(34-13-29-12-33-34)14(7-15)9-30-20(36)8-16-17(25)10-31-22(21(16)26)32-11-23(27,28)19-3-1-2-6-35(19)37/h1-7,10,12-13H,8-9,11H2,(H,30,36)(H,31,32). The lowest BCUT2D eigenvalue weighted by atomic mass is 10.1. The van der Waals surface area contributed by atoms with Gasteiger partial charge in [0.15, 0.2) is 17.8 Å². The smallest absolute Gasteiger partial charge is 0.347 e. The van der Waals surface area contributed by atoms with Crippen LogP contribution in [0.5, 0.6) is 0 Å². The van der Waals surface area contributed by atoms with Gasteiger partial charge in [0.05, 0.1) is 23.7 Å². The number of hydrogen-bond acceptors (Lipinski definition) is 6. The van der Waals surface area contributed by atoms with Crippen molar-refractivity contribution in [1.29, 1.82) is 0 Å². The molecule has 3 heterocycles. The first kappa shape index (κ1) is 26.2. The third-order valence-corrected chi connectivity index (χ3v) is 5.83. The Balaban J connectivity index is 1.45. The second-order valence-electron chi connectivity index (χ2n) is 7.78. The molecule has 0 aliphatic heterocycles. The van der Waals surface area contributed by atoms with Gasteiger partial charge in [0, 0.05) is 35.5 Å². The molecular weight excluding hydrogens is 534 g/mol. The van der Waals surface area contributed by atoms with E-state index in [9.17, 15) is 18.8 Å². The Kier molecular flexibility index (Phi) is 7.79. The number of amides is 1. The maximum Gasteiger partial charge on any atom is 0.347 e. The van der Waals surface area contributed by atoms with Crippen molar-refractivity contribution in [2.45, 2.75) is 18.9 Å². The summed E-state index contributed by atoms with van der Waals surface area (Å²) in [4.78, 5) is 20.2. The van der Waals surface area contributed by atoms with Crippen molar-refractivity contribution < 1.29 is 22.7 Å². The number of hydrogen-bond donors (Lipinski definition) is 2. The number of alkyl halides is 2. The zero-order valence-electron chi connectivity index (χ0n) is 18.8. The minimum Gasteiger partial charge on any atom is -0.618 e. The van der Waals surface area contributed by atoms with E-state index in [4.69, 9.17) is 23.2 Å². The molecule has 14 heteroatoms. The molecule has 0 atom stereocenters. The molecule has 0 fully saturated rings. The molecule has 0 aliphatic rings. The number of rotatable bonds is 9. The molecule has 4 rings (SSSR count). The van der Waals surface area contributed by atoms with E-state index in [1.54, 1.807) is 18.2 Å². The van der Waals surface area contributed by atoms with Gasteiger partial charge in [0.2, 0.25) is 5.91 Å². The molecule has 37 heavy (non-hydrogen) atoms. The van der Waals surface area contributed by atoms with E-state index in [1.807, 2.05) is 0 Å². The summed E-state index contributed by atoms with van der Waals surface area (Å²) in [6.07, 6.45) is 4.32. The van der Waals surface area contributed by atoms with Crippen molar-refractivity contribution in [3.05, 3.63) is 99.3 Å². The van der Waals surface area contributed by atoms with E-state index < -0.39 is 42.1 Å². The van der Waals surface area contributed by atoms with E-state index in [0.29, 0.717) is 16.3 Å². The lowest BCUT2D eigenvalue weighted by Gasteiger charge is -2.17. The normalized spacial score (nSPS) is 11.4. The summed E-state index contributed by atoms with van der Waals surface area (Å²) < 4.78 is 45.6. The molecule has 192 valence electrons. The number of nitrogens with zero attached hydrogens (tertiary/aromatic N) is 5. The van der Waals surface area contributed by atoms with Crippen LogP contribution in [0.1, 0.15) is 16.8 Å². The van der Waals surface area contributed by atoms with Crippen molar-refractivity contribution >= 4 is 34.9 Å². The Bertz CT molecular complexity index is 1420. The molecule has 1 amide bonds. The van der Waals surface area contributed by atoms with Crippen LogP contribution in [0.15, 0.2) is 61.4 Å². The summed E-state index contributed by atoms with van der Waals surface area (Å²) >= 11 is 12.1. The molecule has 0 spiro atoms. The van der Waals surface area contributed by atoms with E-state index in [0.717, 1.165) is 18.5 Å². The van der Waals surface area contributed by atoms with Gasteiger partial charge in [0.25, 0.3) is 5.69 Å². The average molecular weight is 552 g/mol. The number of carbonyl (C=O) groups excluding carboxylic acids is 1. The first-order valence-electron chi connectivity index (χ1n) is 10.7. The third-order valence-electron chi connectivity index (χ3n) is 5.27. The average Bonchev–Trinajstić information content (AvgIpc) is 3.40. The molecule has 3 aromatic heterocycles. The molecule has 0 aliphatic carbocycles. The maximum absolute atomic E-state index is 15.1. The van der Waals surface area contributed by atoms with Crippen LogP contribution < -0.4 is 15.4 Å². The van der Waals surface area contributed by atoms with Crippen molar-refractivity contribution in [1.82, 2.24) is 25.1 Å². The predicted molar refractivity (Wildman–Crippen MR) is 129 cm³/mol. The highest BCUT2D eigenvalue weighted by atomic mass is 35.5. The van der Waals surface area contributed by atoms with E-state index >= 15 is 4.39 Å². The topological polar surface area (TPSA) is 112 Å². The third kappa shape index (κ3) is 6.09. The van der Waals surface area contributed by atoms with Crippen molar-refractivity contribution in [2.75, 3.05) is 11.9 Å². The van der Waals surface area contributed by atoms with Gasteiger partial charge < -0.3 is 15.8 Å². The molecule has 0 unspecified atom stereocenters. The van der Waals surface area contributed by atoms with Gasteiger partial charge >= 0.3 is 5.92 Å². The number of aromatic nitrogens is 5. The zero-order valence-corrected chi connectivity index (χ0v) is 20.3. The van der Waals surface area contributed by atoms with Crippen molar-refractivity contribution in [3.63, 3.8) is 0 Å². The van der Waals surface area contributed by atoms with Gasteiger partial charge in [-0.25, -0.2) is 19.0 Å². The second kappa shape index (κ2) is 11.0. The number of nitrogens with one attached hydrogen (secondary N) is 2. The monoisotopic (exact) mass is 551 g/mol. The molecule has 0 saturated carbocycles. The lowest BCUT2D eigenvalue weighted by Crippen LogP contribution is -2.41. The van der Waals surface area contributed by atoms with Crippen LogP contribution in [0.25, 0.3) is 5.69 Å². The van der Waals surface area contributed by atoms with E-state index in [-0.39, 0.29) is 21.9 Å². The molecule has 0 saturated heterocycles. The lowest BCUT2D eigenvalue weighted by molar-refractivity contribution is -0.624. The highest BCUT2D eigenvalue weighted by molar-refractivity contribution is 6.31. The van der Waals surface area contributed by atoms with Crippen LogP contribution >= 0.6 is 23.2 Å². The van der Waals surface area contributed by atoms with Gasteiger partial charge in [0.1, 0.15) is 12.7 Å². The summed E-state index contributed by atoms with van der Waals surface area (Å²) in [5, 5.41) is 20.9. The molecular formula is C23H18Cl2F3N7O2. The fourth-order valence-electron chi connectivity index (χ4n) is 3.45. The minimum absolute atomic E-state index is 0.0251. The van der Waals surface area contributed by atoms with Crippen LogP contribution in [0.2, 0.25) is 10.0 Å². The number of carbonyl (C=O) groups is 1. The number of pyridine rings is 2. The van der Waals surface area contributed by atoms with Crippen LogP contribution in [0, 0.1) is 11.0 Å². The Morgan fingerprint density at radius 2 is 2.03 bits per heavy atom. The molecule has 1 aromatic carbocycles. The first-order chi connectivity index (χ1) is 17.7. The Hall–Kier alpha value is -3.90. The zero-order chi connectivity index (χ0) is 26.6. The Morgan fingerprint density at radius 3 is 2.76 bits per heavy atom. The van der Waals surface area contributed by atoms with Crippen molar-refractivity contribution in [2.24, 2.45) is 0 Å². The minimum atomic E-state index is -3.63. The number of anilines is 1. The maximum atomic E-state index is 15.1. The van der Waals surface area contributed by atoms with Gasteiger partial charge in [-0.1, -0.05) is 23.2 Å². The van der Waals surface area contributed by atoms with Gasteiger partial charge in [-0.2, -0.15) is 18.6 Å². The summed E-state index contributed by atoms with van der Waals surface area (Å²) in [7, 11) is 0. The van der Waals surface area contributed by atoms with Crippen LogP contribution in [0.4, 0.5) is 19.0 Å². The summed E-state index contributed by atoms with van der Waals surface area (Å²) in [6.45, 7) is -1.08. The highest BCUT2D eigenvalue weighted by Crippen LogP contribution is 2.28. The highest BCUT2D eigenvalue weighted by Gasteiger charge is 2.39. The summed E-state index contributed by atoms with van der Waals surface area (Å²) in [6, 6.07) is 8.55.